The highest BCUT2D eigenvalue weighted by Crippen LogP contribution is 2.13. The standard InChI is InChI=1S/C14H28O3/c1-4-7-9-11-14(15)17-16-12-13(6-3)10-8-5-2/h13H,4-12H2,1-3H3. The minimum absolute atomic E-state index is 0.233. The van der Waals surface area contributed by atoms with E-state index in [1.165, 1.54) is 12.8 Å². The minimum Gasteiger partial charge on any atom is -0.298 e. The lowest BCUT2D eigenvalue weighted by Crippen LogP contribution is -2.12. The van der Waals surface area contributed by atoms with Crippen LogP contribution in [0.1, 0.15) is 72.1 Å². The lowest BCUT2D eigenvalue weighted by Gasteiger charge is -2.13. The Morgan fingerprint density at radius 3 is 2.35 bits per heavy atom. The Morgan fingerprint density at radius 2 is 1.76 bits per heavy atom. The van der Waals surface area contributed by atoms with E-state index in [0.717, 1.165) is 32.1 Å². The monoisotopic (exact) mass is 244 g/mol. The quantitative estimate of drug-likeness (QED) is 0.309. The summed E-state index contributed by atoms with van der Waals surface area (Å²) in [6, 6.07) is 0. The first-order valence-corrected chi connectivity index (χ1v) is 7.06. The highest BCUT2D eigenvalue weighted by atomic mass is 17.2. The fourth-order valence-electron chi connectivity index (χ4n) is 1.66. The topological polar surface area (TPSA) is 35.5 Å². The molecule has 3 nitrogen and oxygen atoms in total. The summed E-state index contributed by atoms with van der Waals surface area (Å²) in [4.78, 5) is 21.0. The first-order valence-electron chi connectivity index (χ1n) is 7.06. The lowest BCUT2D eigenvalue weighted by molar-refractivity contribution is -0.278. The van der Waals surface area contributed by atoms with Crippen molar-refractivity contribution < 1.29 is 14.6 Å². The number of rotatable bonds is 11. The molecule has 0 rings (SSSR count). The molecular formula is C14H28O3. The maximum absolute atomic E-state index is 11.3. The Kier molecular flexibility index (Phi) is 11.5. The van der Waals surface area contributed by atoms with Crippen molar-refractivity contribution in [1.29, 1.82) is 0 Å². The van der Waals surface area contributed by atoms with Crippen molar-refractivity contribution in [2.24, 2.45) is 5.92 Å². The number of hydrogen-bond donors (Lipinski definition) is 0. The third-order valence-corrected chi connectivity index (χ3v) is 2.98. The van der Waals surface area contributed by atoms with Crippen LogP contribution in [0.5, 0.6) is 0 Å². The van der Waals surface area contributed by atoms with Crippen molar-refractivity contribution in [2.75, 3.05) is 6.61 Å². The Balaban J connectivity index is 3.48. The van der Waals surface area contributed by atoms with Gasteiger partial charge in [0.25, 0.3) is 0 Å². The molecule has 0 N–H and O–H groups in total. The summed E-state index contributed by atoms with van der Waals surface area (Å²) in [6.45, 7) is 6.98. The number of carbonyl (C=O) groups is 1. The zero-order chi connectivity index (χ0) is 12.9. The van der Waals surface area contributed by atoms with E-state index in [-0.39, 0.29) is 5.97 Å². The van der Waals surface area contributed by atoms with Crippen LogP contribution in [0.4, 0.5) is 0 Å². The molecule has 0 aromatic rings. The second-order valence-electron chi connectivity index (χ2n) is 4.61. The molecule has 102 valence electrons. The Bertz CT molecular complexity index is 180. The average Bonchev–Trinajstić information content (AvgIpc) is 2.34. The van der Waals surface area contributed by atoms with Gasteiger partial charge in [0, 0.05) is 6.42 Å². The van der Waals surface area contributed by atoms with Crippen molar-refractivity contribution in [3.8, 4) is 0 Å². The molecule has 0 fully saturated rings. The summed E-state index contributed by atoms with van der Waals surface area (Å²) < 4.78 is 0. The van der Waals surface area contributed by atoms with Crippen LogP contribution in [0.2, 0.25) is 0 Å². The van der Waals surface area contributed by atoms with Gasteiger partial charge in [-0.3, -0.25) is 4.89 Å². The fourth-order valence-corrected chi connectivity index (χ4v) is 1.66. The van der Waals surface area contributed by atoms with Crippen molar-refractivity contribution >= 4 is 5.97 Å². The van der Waals surface area contributed by atoms with Gasteiger partial charge in [0.1, 0.15) is 0 Å². The molecule has 0 saturated heterocycles. The van der Waals surface area contributed by atoms with E-state index in [1.807, 2.05) is 0 Å². The molecular weight excluding hydrogens is 216 g/mol. The van der Waals surface area contributed by atoms with E-state index < -0.39 is 0 Å². The molecule has 0 aliphatic rings. The summed E-state index contributed by atoms with van der Waals surface area (Å²) in [7, 11) is 0. The number of carbonyl (C=O) groups excluding carboxylic acids is 1. The summed E-state index contributed by atoms with van der Waals surface area (Å²) in [5.74, 6) is 0.280. The van der Waals surface area contributed by atoms with Gasteiger partial charge in [0.15, 0.2) is 0 Å². The zero-order valence-corrected chi connectivity index (χ0v) is 11.7. The summed E-state index contributed by atoms with van der Waals surface area (Å²) in [5, 5.41) is 0. The van der Waals surface area contributed by atoms with Gasteiger partial charge in [-0.05, 0) is 18.8 Å². The normalized spacial score (nSPS) is 12.4. The van der Waals surface area contributed by atoms with Gasteiger partial charge in [-0.15, -0.1) is 0 Å². The van der Waals surface area contributed by atoms with Crippen LogP contribution in [0.15, 0.2) is 0 Å². The average molecular weight is 244 g/mol. The molecule has 0 aliphatic carbocycles. The molecule has 1 unspecified atom stereocenters. The van der Waals surface area contributed by atoms with Gasteiger partial charge >= 0.3 is 5.97 Å². The highest BCUT2D eigenvalue weighted by Gasteiger charge is 2.09. The third-order valence-electron chi connectivity index (χ3n) is 2.98. The third kappa shape index (κ3) is 10.3. The molecule has 0 spiro atoms. The maximum atomic E-state index is 11.3. The van der Waals surface area contributed by atoms with E-state index in [9.17, 15) is 4.79 Å². The molecule has 17 heavy (non-hydrogen) atoms. The summed E-state index contributed by atoms with van der Waals surface area (Å²) >= 11 is 0. The largest absolute Gasteiger partial charge is 0.342 e. The van der Waals surface area contributed by atoms with Gasteiger partial charge < -0.3 is 0 Å². The van der Waals surface area contributed by atoms with Crippen LogP contribution >= 0.6 is 0 Å². The van der Waals surface area contributed by atoms with Crippen LogP contribution in [-0.4, -0.2) is 12.6 Å². The van der Waals surface area contributed by atoms with Crippen LogP contribution < -0.4 is 0 Å². The van der Waals surface area contributed by atoms with Crippen molar-refractivity contribution in [3.05, 3.63) is 0 Å². The highest BCUT2D eigenvalue weighted by molar-refractivity contribution is 5.68. The minimum atomic E-state index is -0.233. The summed E-state index contributed by atoms with van der Waals surface area (Å²) in [5.41, 5.74) is 0. The van der Waals surface area contributed by atoms with E-state index in [0.29, 0.717) is 18.9 Å². The molecule has 3 heteroatoms. The smallest absolute Gasteiger partial charge is 0.298 e. The van der Waals surface area contributed by atoms with Crippen molar-refractivity contribution in [2.45, 2.75) is 72.1 Å². The Morgan fingerprint density at radius 1 is 1.06 bits per heavy atom. The molecule has 0 radical (unpaired) electrons. The second-order valence-corrected chi connectivity index (χ2v) is 4.61. The van der Waals surface area contributed by atoms with Gasteiger partial charge in [-0.2, -0.15) is 4.89 Å². The lowest BCUT2D eigenvalue weighted by atomic mass is 10.0. The van der Waals surface area contributed by atoms with Gasteiger partial charge in [-0.25, -0.2) is 4.79 Å². The zero-order valence-electron chi connectivity index (χ0n) is 11.7. The van der Waals surface area contributed by atoms with Gasteiger partial charge in [0.2, 0.25) is 0 Å². The Hall–Kier alpha value is -0.570. The summed E-state index contributed by atoms with van der Waals surface area (Å²) in [6.07, 6.45) is 8.20. The number of unbranched alkanes of at least 4 members (excludes halogenated alkanes) is 3. The predicted molar refractivity (Wildman–Crippen MR) is 69.5 cm³/mol. The molecule has 0 heterocycles. The fraction of sp³-hybridized carbons (Fsp3) is 0.929. The molecule has 0 aromatic heterocycles. The first kappa shape index (κ1) is 16.4. The van der Waals surface area contributed by atoms with Crippen LogP contribution in [0, 0.1) is 5.92 Å². The van der Waals surface area contributed by atoms with E-state index in [2.05, 4.69) is 20.8 Å². The SMILES string of the molecule is CCCCCC(=O)OOCC(CC)CCCC. The molecule has 0 aromatic carbocycles. The van der Waals surface area contributed by atoms with Gasteiger partial charge in [-0.1, -0.05) is 52.9 Å². The molecule has 1 atom stereocenters. The second kappa shape index (κ2) is 11.9. The van der Waals surface area contributed by atoms with Crippen LogP contribution in [0.3, 0.4) is 0 Å². The predicted octanol–water partition coefficient (Wildman–Crippen LogP) is 4.26. The molecule has 0 aliphatic heterocycles. The van der Waals surface area contributed by atoms with Crippen LogP contribution in [-0.2, 0) is 14.6 Å². The Labute approximate surface area is 106 Å². The van der Waals surface area contributed by atoms with E-state index in [4.69, 9.17) is 9.78 Å². The first-order chi connectivity index (χ1) is 8.24. The molecule has 0 saturated carbocycles. The van der Waals surface area contributed by atoms with E-state index >= 15 is 0 Å². The van der Waals surface area contributed by atoms with Gasteiger partial charge in [0.05, 0.1) is 6.61 Å². The number of hydrogen-bond acceptors (Lipinski definition) is 3. The van der Waals surface area contributed by atoms with Crippen LogP contribution in [0.25, 0.3) is 0 Å². The van der Waals surface area contributed by atoms with Crippen molar-refractivity contribution in [1.82, 2.24) is 0 Å². The molecule has 0 amide bonds. The van der Waals surface area contributed by atoms with Crippen molar-refractivity contribution in [3.63, 3.8) is 0 Å². The molecule has 0 bridgehead atoms. The van der Waals surface area contributed by atoms with E-state index in [1.54, 1.807) is 0 Å². The maximum Gasteiger partial charge on any atom is 0.342 e.